The molecule has 0 fully saturated rings. The third-order valence-electron chi connectivity index (χ3n) is 3.95. The second-order valence-electron chi connectivity index (χ2n) is 5.76. The number of carboxylic acids is 1. The molecule has 2 aromatic heterocycles. The number of carboxylic acid groups (broad SMARTS) is 1. The lowest BCUT2D eigenvalue weighted by molar-refractivity contribution is -0.120. The second kappa shape index (κ2) is 8.12. The van der Waals surface area contributed by atoms with Crippen LogP contribution in [0.3, 0.4) is 0 Å². The summed E-state index contributed by atoms with van der Waals surface area (Å²) in [4.78, 5) is 27.1. The fourth-order valence-electron chi connectivity index (χ4n) is 2.48. The van der Waals surface area contributed by atoms with Gasteiger partial charge in [0.25, 0.3) is 5.91 Å². The lowest BCUT2D eigenvalue weighted by Crippen LogP contribution is -2.24. The first kappa shape index (κ1) is 18.8. The summed E-state index contributed by atoms with van der Waals surface area (Å²) in [5.41, 5.74) is 2.55. The molecule has 0 spiro atoms. The Hall–Kier alpha value is -4.01. The van der Waals surface area contributed by atoms with Crippen LogP contribution in [0.5, 0.6) is 0 Å². The smallest absolute Gasteiger partial charge is 0.338 e. The zero-order chi connectivity index (χ0) is 20.1. The second-order valence-corrected chi connectivity index (χ2v) is 5.76. The van der Waals surface area contributed by atoms with Crippen LogP contribution >= 0.6 is 0 Å². The van der Waals surface area contributed by atoms with Crippen molar-refractivity contribution in [1.82, 2.24) is 25.3 Å². The predicted octanol–water partition coefficient (Wildman–Crippen LogP) is 1.80. The van der Waals surface area contributed by atoms with E-state index in [-0.39, 0.29) is 17.9 Å². The highest BCUT2D eigenvalue weighted by Crippen LogP contribution is 2.20. The summed E-state index contributed by atoms with van der Waals surface area (Å²) in [6, 6.07) is 8.78. The third-order valence-corrected chi connectivity index (χ3v) is 3.95. The van der Waals surface area contributed by atoms with E-state index in [4.69, 9.17) is 4.74 Å². The Morgan fingerprint density at radius 3 is 2.89 bits per heavy atom. The molecule has 0 aliphatic rings. The van der Waals surface area contributed by atoms with Crippen LogP contribution in [0.2, 0.25) is 0 Å². The molecule has 0 radical (unpaired) electrons. The standard InChI is InChI=1S/C19H17N5O4/c1-12(28-2)18(25)21-9-13-4-3-5-14(8-13)16-11-24(23-22-16)17-10-20-7-6-15(17)19(26)27/h3-8,10-11H,1,9H2,2H3,(H,21,25)(H,26,27). The first-order chi connectivity index (χ1) is 13.5. The Bertz CT molecular complexity index is 1040. The quantitative estimate of drug-likeness (QED) is 0.474. The number of pyridine rings is 1. The van der Waals surface area contributed by atoms with Crippen LogP contribution in [0.4, 0.5) is 0 Å². The number of nitrogens with zero attached hydrogens (tertiary/aromatic N) is 4. The normalized spacial score (nSPS) is 10.3. The molecule has 0 bridgehead atoms. The highest BCUT2D eigenvalue weighted by atomic mass is 16.5. The number of hydrogen-bond donors (Lipinski definition) is 2. The number of methoxy groups -OCH3 is 1. The Kier molecular flexibility index (Phi) is 5.45. The summed E-state index contributed by atoms with van der Waals surface area (Å²) in [5, 5.41) is 20.1. The van der Waals surface area contributed by atoms with Gasteiger partial charge in [-0.25, -0.2) is 9.48 Å². The molecule has 9 heteroatoms. The minimum absolute atomic E-state index is 0.0322. The van der Waals surface area contributed by atoms with Gasteiger partial charge in [-0.2, -0.15) is 0 Å². The summed E-state index contributed by atoms with van der Waals surface area (Å²) in [6.07, 6.45) is 4.44. The summed E-state index contributed by atoms with van der Waals surface area (Å²) in [6.45, 7) is 3.79. The molecule has 0 saturated heterocycles. The number of ether oxygens (including phenoxy) is 1. The Morgan fingerprint density at radius 2 is 2.14 bits per heavy atom. The van der Waals surface area contributed by atoms with Crippen molar-refractivity contribution in [2.24, 2.45) is 0 Å². The Labute approximate surface area is 160 Å². The molecule has 0 aliphatic carbocycles. The molecular formula is C19H17N5O4. The van der Waals surface area contributed by atoms with E-state index in [1.807, 2.05) is 24.3 Å². The highest BCUT2D eigenvalue weighted by Gasteiger charge is 2.14. The van der Waals surface area contributed by atoms with Gasteiger partial charge in [-0.15, -0.1) is 5.10 Å². The van der Waals surface area contributed by atoms with Crippen LogP contribution in [-0.4, -0.2) is 44.1 Å². The topological polar surface area (TPSA) is 119 Å². The molecule has 1 amide bonds. The van der Waals surface area contributed by atoms with E-state index in [2.05, 4.69) is 27.2 Å². The van der Waals surface area contributed by atoms with Gasteiger partial charge in [-0.1, -0.05) is 30.0 Å². The van der Waals surface area contributed by atoms with Crippen LogP contribution in [0.15, 0.2) is 61.3 Å². The lowest BCUT2D eigenvalue weighted by Gasteiger charge is -2.07. The number of aromatic nitrogens is 4. The molecule has 1 aromatic carbocycles. The zero-order valence-corrected chi connectivity index (χ0v) is 15.0. The van der Waals surface area contributed by atoms with Gasteiger partial charge in [0.1, 0.15) is 5.69 Å². The SMILES string of the molecule is C=C(OC)C(=O)NCc1cccc(-c2cn(-c3cnccc3C(=O)O)nn2)c1. The maximum Gasteiger partial charge on any atom is 0.338 e. The maximum atomic E-state index is 11.7. The summed E-state index contributed by atoms with van der Waals surface area (Å²) in [7, 11) is 1.38. The molecule has 2 heterocycles. The first-order valence-corrected chi connectivity index (χ1v) is 8.20. The van der Waals surface area contributed by atoms with E-state index in [9.17, 15) is 14.7 Å². The number of benzene rings is 1. The molecular weight excluding hydrogens is 362 g/mol. The van der Waals surface area contributed by atoms with Gasteiger partial charge in [-0.05, 0) is 17.7 Å². The van der Waals surface area contributed by atoms with Crippen LogP contribution in [0.25, 0.3) is 16.9 Å². The molecule has 3 rings (SSSR count). The number of nitrogens with one attached hydrogen (secondary N) is 1. The van der Waals surface area contributed by atoms with Gasteiger partial charge in [-0.3, -0.25) is 9.78 Å². The molecule has 28 heavy (non-hydrogen) atoms. The van der Waals surface area contributed by atoms with E-state index in [0.29, 0.717) is 11.4 Å². The molecule has 0 aliphatic heterocycles. The summed E-state index contributed by atoms with van der Waals surface area (Å²) < 4.78 is 6.15. The van der Waals surface area contributed by atoms with Gasteiger partial charge in [0.15, 0.2) is 5.76 Å². The van der Waals surface area contributed by atoms with Gasteiger partial charge in [0.05, 0.1) is 30.8 Å². The number of carbonyl (C=O) groups excluding carboxylic acids is 1. The van der Waals surface area contributed by atoms with Crippen LogP contribution in [0.1, 0.15) is 15.9 Å². The fraction of sp³-hybridized carbons (Fsp3) is 0.105. The monoisotopic (exact) mass is 379 g/mol. The fourth-order valence-corrected chi connectivity index (χ4v) is 2.48. The number of amides is 1. The van der Waals surface area contributed by atoms with Gasteiger partial charge < -0.3 is 15.2 Å². The van der Waals surface area contributed by atoms with Crippen LogP contribution in [-0.2, 0) is 16.1 Å². The maximum absolute atomic E-state index is 11.7. The minimum atomic E-state index is -1.08. The molecule has 0 atom stereocenters. The molecule has 2 N–H and O–H groups in total. The van der Waals surface area contributed by atoms with Gasteiger partial charge in [0, 0.05) is 18.3 Å². The van der Waals surface area contributed by atoms with Crippen molar-refractivity contribution in [3.05, 3.63) is 72.4 Å². The molecule has 142 valence electrons. The molecule has 0 unspecified atom stereocenters. The van der Waals surface area contributed by atoms with Crippen molar-refractivity contribution < 1.29 is 19.4 Å². The Morgan fingerprint density at radius 1 is 1.32 bits per heavy atom. The van der Waals surface area contributed by atoms with E-state index < -0.39 is 11.9 Å². The zero-order valence-electron chi connectivity index (χ0n) is 15.0. The molecule has 3 aromatic rings. The largest absolute Gasteiger partial charge is 0.492 e. The van der Waals surface area contributed by atoms with Crippen molar-refractivity contribution in [3.8, 4) is 16.9 Å². The molecule has 9 nitrogen and oxygen atoms in total. The van der Waals surface area contributed by atoms with E-state index in [0.717, 1.165) is 11.1 Å². The molecule has 0 saturated carbocycles. The van der Waals surface area contributed by atoms with Gasteiger partial charge >= 0.3 is 5.97 Å². The number of rotatable bonds is 7. The van der Waals surface area contributed by atoms with Crippen molar-refractivity contribution in [1.29, 1.82) is 0 Å². The van der Waals surface area contributed by atoms with Crippen LogP contribution < -0.4 is 5.32 Å². The number of carbonyl (C=O) groups is 2. The van der Waals surface area contributed by atoms with E-state index in [1.54, 1.807) is 6.20 Å². The number of hydrogen-bond acceptors (Lipinski definition) is 6. The average Bonchev–Trinajstić information content (AvgIpc) is 3.21. The van der Waals surface area contributed by atoms with E-state index >= 15 is 0 Å². The summed E-state index contributed by atoms with van der Waals surface area (Å²) in [5.74, 6) is -1.44. The van der Waals surface area contributed by atoms with E-state index in [1.165, 1.54) is 30.3 Å². The third kappa shape index (κ3) is 4.04. The van der Waals surface area contributed by atoms with Gasteiger partial charge in [0.2, 0.25) is 0 Å². The predicted molar refractivity (Wildman–Crippen MR) is 99.5 cm³/mol. The number of aromatic carboxylic acids is 1. The van der Waals surface area contributed by atoms with Crippen LogP contribution in [0, 0.1) is 0 Å². The van der Waals surface area contributed by atoms with Crippen molar-refractivity contribution in [2.45, 2.75) is 6.54 Å². The van der Waals surface area contributed by atoms with Crippen molar-refractivity contribution >= 4 is 11.9 Å². The highest BCUT2D eigenvalue weighted by molar-refractivity contribution is 5.91. The summed E-state index contributed by atoms with van der Waals surface area (Å²) >= 11 is 0. The Balaban J connectivity index is 1.82. The minimum Gasteiger partial charge on any atom is -0.492 e. The average molecular weight is 379 g/mol. The van der Waals surface area contributed by atoms with Crippen molar-refractivity contribution in [2.75, 3.05) is 7.11 Å². The lowest BCUT2D eigenvalue weighted by atomic mass is 10.1. The first-order valence-electron chi connectivity index (χ1n) is 8.20. The van der Waals surface area contributed by atoms with Crippen molar-refractivity contribution in [3.63, 3.8) is 0 Å².